The molecule has 0 aromatic rings. The predicted molar refractivity (Wildman–Crippen MR) is 67.0 cm³/mol. The first kappa shape index (κ1) is 14.0. The van der Waals surface area contributed by atoms with Gasteiger partial charge in [-0.2, -0.15) is 0 Å². The number of hydrogen-bond donors (Lipinski definition) is 2. The number of carbonyl (C=O) groups excluding carboxylic acids is 3. The molecule has 2 amide bonds. The molecule has 3 N–H and O–H groups in total. The highest BCUT2D eigenvalue weighted by Crippen LogP contribution is 2.25. The van der Waals surface area contributed by atoms with Crippen molar-refractivity contribution in [1.82, 2.24) is 5.32 Å². The van der Waals surface area contributed by atoms with E-state index in [1.165, 1.54) is 0 Å². The number of ether oxygens (including phenoxy) is 1. The van der Waals surface area contributed by atoms with E-state index in [4.69, 9.17) is 10.5 Å². The van der Waals surface area contributed by atoms with E-state index < -0.39 is 11.9 Å². The molecule has 2 fully saturated rings. The Labute approximate surface area is 112 Å². The van der Waals surface area contributed by atoms with Crippen molar-refractivity contribution >= 4 is 17.6 Å². The van der Waals surface area contributed by atoms with Gasteiger partial charge in [0.1, 0.15) is 11.8 Å². The van der Waals surface area contributed by atoms with Crippen molar-refractivity contribution in [2.75, 3.05) is 13.2 Å². The van der Waals surface area contributed by atoms with Gasteiger partial charge < -0.3 is 15.8 Å². The van der Waals surface area contributed by atoms with E-state index >= 15 is 0 Å². The number of nitrogens with two attached hydrogens (primary N) is 1. The molecule has 2 rings (SSSR count). The van der Waals surface area contributed by atoms with Crippen molar-refractivity contribution in [2.24, 2.45) is 17.6 Å². The summed E-state index contributed by atoms with van der Waals surface area (Å²) >= 11 is 0. The van der Waals surface area contributed by atoms with E-state index in [9.17, 15) is 14.4 Å². The molecule has 1 heterocycles. The van der Waals surface area contributed by atoms with Gasteiger partial charge in [-0.25, -0.2) is 0 Å². The molecule has 1 saturated heterocycles. The first-order chi connectivity index (χ1) is 9.08. The molecule has 0 unspecified atom stereocenters. The maximum atomic E-state index is 12.0. The highest BCUT2D eigenvalue weighted by molar-refractivity contribution is 5.89. The summed E-state index contributed by atoms with van der Waals surface area (Å²) in [7, 11) is 0. The number of Topliss-reactive ketones (excluding diaryl/α,β-unsaturated/α-hetero) is 1. The lowest BCUT2D eigenvalue weighted by Gasteiger charge is -2.28. The average molecular weight is 268 g/mol. The van der Waals surface area contributed by atoms with Gasteiger partial charge in [0.25, 0.3) is 0 Å². The van der Waals surface area contributed by atoms with E-state index in [1.807, 2.05) is 0 Å². The number of carbonyl (C=O) groups is 3. The molecule has 0 bridgehead atoms. The monoisotopic (exact) mass is 268 g/mol. The molecular weight excluding hydrogens is 248 g/mol. The quantitative estimate of drug-likeness (QED) is 0.734. The second kappa shape index (κ2) is 6.14. The Morgan fingerprint density at radius 1 is 1.37 bits per heavy atom. The van der Waals surface area contributed by atoms with Crippen LogP contribution in [0.2, 0.25) is 0 Å². The average Bonchev–Trinajstić information content (AvgIpc) is 2.89. The second-order valence-electron chi connectivity index (χ2n) is 5.34. The Hall–Kier alpha value is -1.43. The predicted octanol–water partition coefficient (Wildman–Crippen LogP) is -0.248. The summed E-state index contributed by atoms with van der Waals surface area (Å²) < 4.78 is 5.15. The third-order valence-electron chi connectivity index (χ3n) is 3.90. The van der Waals surface area contributed by atoms with Crippen molar-refractivity contribution in [2.45, 2.75) is 38.1 Å². The number of primary amides is 1. The SMILES string of the molecule is NC(=O)[C@H](NC(=O)[C@H]1CCOC1)[C@@H]1CCCC(=O)C1. The number of nitrogens with one attached hydrogen (secondary N) is 1. The Kier molecular flexibility index (Phi) is 4.52. The van der Waals surface area contributed by atoms with Crippen LogP contribution in [-0.2, 0) is 19.1 Å². The molecule has 19 heavy (non-hydrogen) atoms. The maximum Gasteiger partial charge on any atom is 0.240 e. The van der Waals surface area contributed by atoms with E-state index in [0.717, 1.165) is 12.8 Å². The van der Waals surface area contributed by atoms with E-state index in [0.29, 0.717) is 32.5 Å². The van der Waals surface area contributed by atoms with Gasteiger partial charge in [-0.15, -0.1) is 0 Å². The molecule has 6 heteroatoms. The lowest BCUT2D eigenvalue weighted by Crippen LogP contribution is -2.51. The molecule has 1 saturated carbocycles. The zero-order valence-electron chi connectivity index (χ0n) is 10.9. The van der Waals surface area contributed by atoms with Crippen LogP contribution in [0.4, 0.5) is 0 Å². The van der Waals surface area contributed by atoms with E-state index in [2.05, 4.69) is 5.32 Å². The maximum absolute atomic E-state index is 12.0. The summed E-state index contributed by atoms with van der Waals surface area (Å²) in [5, 5.41) is 2.70. The minimum absolute atomic E-state index is 0.140. The molecular formula is C13H20N2O4. The number of ketones is 1. The van der Waals surface area contributed by atoms with Crippen molar-refractivity contribution in [1.29, 1.82) is 0 Å². The van der Waals surface area contributed by atoms with Gasteiger partial charge in [-0.05, 0) is 25.2 Å². The highest BCUT2D eigenvalue weighted by atomic mass is 16.5. The summed E-state index contributed by atoms with van der Waals surface area (Å²) in [6.45, 7) is 0.960. The fourth-order valence-corrected chi connectivity index (χ4v) is 2.78. The molecule has 0 aromatic carbocycles. The van der Waals surface area contributed by atoms with Crippen molar-refractivity contribution in [3.05, 3.63) is 0 Å². The third-order valence-corrected chi connectivity index (χ3v) is 3.90. The summed E-state index contributed by atoms with van der Waals surface area (Å²) in [5.41, 5.74) is 5.36. The zero-order chi connectivity index (χ0) is 13.8. The zero-order valence-corrected chi connectivity index (χ0v) is 10.9. The van der Waals surface area contributed by atoms with Gasteiger partial charge in [-0.1, -0.05) is 0 Å². The highest BCUT2D eigenvalue weighted by Gasteiger charge is 2.34. The van der Waals surface area contributed by atoms with Crippen LogP contribution in [0.25, 0.3) is 0 Å². The minimum Gasteiger partial charge on any atom is -0.381 e. The van der Waals surface area contributed by atoms with Gasteiger partial charge >= 0.3 is 0 Å². The van der Waals surface area contributed by atoms with Crippen LogP contribution in [-0.4, -0.2) is 36.9 Å². The third kappa shape index (κ3) is 3.53. The molecule has 106 valence electrons. The molecule has 1 aliphatic carbocycles. The largest absolute Gasteiger partial charge is 0.381 e. The van der Waals surface area contributed by atoms with E-state index in [-0.39, 0.29) is 23.5 Å². The summed E-state index contributed by atoms with van der Waals surface area (Å²) in [4.78, 5) is 35.0. The molecule has 2 aliphatic rings. The lowest BCUT2D eigenvalue weighted by molar-refractivity contribution is -0.132. The standard InChI is InChI=1S/C13H20N2O4/c14-12(17)11(8-2-1-3-10(16)6-8)15-13(18)9-4-5-19-7-9/h8-9,11H,1-7H2,(H2,14,17)(H,15,18)/t8-,9+,11-/m1/s1. The van der Waals surface area contributed by atoms with Gasteiger partial charge in [0.15, 0.2) is 0 Å². The molecule has 1 aliphatic heterocycles. The van der Waals surface area contributed by atoms with Gasteiger partial charge in [-0.3, -0.25) is 14.4 Å². The van der Waals surface area contributed by atoms with Gasteiger partial charge in [0, 0.05) is 19.4 Å². The van der Waals surface area contributed by atoms with Crippen LogP contribution in [0, 0.1) is 11.8 Å². The van der Waals surface area contributed by atoms with Crippen LogP contribution in [0.15, 0.2) is 0 Å². The first-order valence-electron chi connectivity index (χ1n) is 6.77. The Morgan fingerprint density at radius 3 is 2.74 bits per heavy atom. The van der Waals surface area contributed by atoms with Crippen LogP contribution in [0.5, 0.6) is 0 Å². The first-order valence-corrected chi connectivity index (χ1v) is 6.77. The molecule has 0 spiro atoms. The normalized spacial score (nSPS) is 28.9. The van der Waals surface area contributed by atoms with Gasteiger partial charge in [0.2, 0.25) is 11.8 Å². The summed E-state index contributed by atoms with van der Waals surface area (Å²) in [6.07, 6.45) is 3.07. The molecule has 0 aromatic heterocycles. The molecule has 3 atom stereocenters. The second-order valence-corrected chi connectivity index (χ2v) is 5.34. The van der Waals surface area contributed by atoms with E-state index in [1.54, 1.807) is 0 Å². The fraction of sp³-hybridized carbons (Fsp3) is 0.769. The molecule has 0 radical (unpaired) electrons. The van der Waals surface area contributed by atoms with Crippen molar-refractivity contribution in [3.8, 4) is 0 Å². The Morgan fingerprint density at radius 2 is 2.16 bits per heavy atom. The Bertz CT molecular complexity index is 377. The summed E-state index contributed by atoms with van der Waals surface area (Å²) in [5.74, 6) is -0.988. The minimum atomic E-state index is -0.739. The van der Waals surface area contributed by atoms with Crippen LogP contribution < -0.4 is 11.1 Å². The van der Waals surface area contributed by atoms with Crippen LogP contribution in [0.1, 0.15) is 32.1 Å². The van der Waals surface area contributed by atoms with Crippen LogP contribution in [0.3, 0.4) is 0 Å². The fourth-order valence-electron chi connectivity index (χ4n) is 2.78. The summed E-state index contributed by atoms with van der Waals surface area (Å²) in [6, 6.07) is -0.739. The van der Waals surface area contributed by atoms with Crippen molar-refractivity contribution < 1.29 is 19.1 Å². The topological polar surface area (TPSA) is 98.5 Å². The number of hydrogen-bond acceptors (Lipinski definition) is 4. The van der Waals surface area contributed by atoms with Crippen LogP contribution >= 0.6 is 0 Å². The lowest BCUT2D eigenvalue weighted by atomic mass is 9.82. The van der Waals surface area contributed by atoms with Crippen molar-refractivity contribution in [3.63, 3.8) is 0 Å². The smallest absolute Gasteiger partial charge is 0.240 e. The van der Waals surface area contributed by atoms with Gasteiger partial charge in [0.05, 0.1) is 12.5 Å². The number of amides is 2. The molecule has 6 nitrogen and oxygen atoms in total. The Balaban J connectivity index is 1.97. The number of rotatable bonds is 4.